The van der Waals surface area contributed by atoms with Crippen LogP contribution >= 0.6 is 0 Å². The minimum Gasteiger partial charge on any atom is -0.369 e. The molecule has 3 saturated heterocycles. The zero-order valence-electron chi connectivity index (χ0n) is 11.8. The Labute approximate surface area is 112 Å². The number of aliphatic hydroxyl groups is 1. The molecule has 3 heterocycles. The van der Waals surface area contributed by atoms with E-state index >= 15 is 0 Å². The molecule has 1 spiro atoms. The van der Waals surface area contributed by atoms with Crippen molar-refractivity contribution < 1.29 is 28.8 Å². The minimum absolute atomic E-state index is 0.159. The Hall–Kier alpha value is -0.240. The number of epoxide rings is 1. The Morgan fingerprint density at radius 1 is 1.21 bits per heavy atom. The van der Waals surface area contributed by atoms with Crippen molar-refractivity contribution in [2.24, 2.45) is 0 Å². The summed E-state index contributed by atoms with van der Waals surface area (Å²) in [6.45, 7) is 8.43. The summed E-state index contributed by atoms with van der Waals surface area (Å²) >= 11 is 0. The van der Waals surface area contributed by atoms with Crippen LogP contribution in [0.5, 0.6) is 0 Å². The molecule has 3 rings (SSSR count). The molecule has 6 heteroatoms. The molecule has 0 bridgehead atoms. The summed E-state index contributed by atoms with van der Waals surface area (Å²) in [6, 6.07) is 0. The van der Waals surface area contributed by atoms with Crippen molar-refractivity contribution >= 4 is 0 Å². The first kappa shape index (κ1) is 13.7. The van der Waals surface area contributed by atoms with Gasteiger partial charge in [-0.3, -0.25) is 0 Å². The lowest BCUT2D eigenvalue weighted by atomic mass is 9.96. The van der Waals surface area contributed by atoms with E-state index in [1.807, 2.05) is 13.8 Å². The van der Waals surface area contributed by atoms with Crippen molar-refractivity contribution in [1.29, 1.82) is 0 Å². The smallest absolute Gasteiger partial charge is 0.163 e. The Morgan fingerprint density at radius 3 is 2.37 bits per heavy atom. The van der Waals surface area contributed by atoms with E-state index in [2.05, 4.69) is 0 Å². The topological polar surface area (TPSA) is 69.7 Å². The van der Waals surface area contributed by atoms with Crippen LogP contribution in [0.4, 0.5) is 0 Å². The molecule has 1 N–H and O–H groups in total. The zero-order chi connectivity index (χ0) is 13.9. The van der Waals surface area contributed by atoms with Crippen LogP contribution in [0.1, 0.15) is 27.7 Å². The fourth-order valence-corrected chi connectivity index (χ4v) is 2.86. The highest BCUT2D eigenvalue weighted by atomic mass is 16.8. The summed E-state index contributed by atoms with van der Waals surface area (Å²) in [7, 11) is 0. The lowest BCUT2D eigenvalue weighted by molar-refractivity contribution is -0.214. The van der Waals surface area contributed by atoms with Gasteiger partial charge in [0.25, 0.3) is 0 Å². The summed E-state index contributed by atoms with van der Waals surface area (Å²) in [5, 5.41) is 9.78. The molecule has 0 aromatic heterocycles. The molecular weight excluding hydrogens is 252 g/mol. The molecule has 1 unspecified atom stereocenters. The van der Waals surface area contributed by atoms with E-state index in [0.717, 1.165) is 0 Å². The maximum absolute atomic E-state index is 9.78. The Balaban J connectivity index is 1.69. The second-order valence-electron chi connectivity index (χ2n) is 6.42. The molecule has 0 aromatic rings. The quantitative estimate of drug-likeness (QED) is 0.594. The maximum atomic E-state index is 9.78. The fourth-order valence-electron chi connectivity index (χ4n) is 2.86. The zero-order valence-corrected chi connectivity index (χ0v) is 11.8. The van der Waals surface area contributed by atoms with E-state index in [1.165, 1.54) is 0 Å². The van der Waals surface area contributed by atoms with E-state index in [-0.39, 0.29) is 18.3 Å². The molecule has 0 amide bonds. The fraction of sp³-hybridized carbons (Fsp3) is 1.00. The van der Waals surface area contributed by atoms with E-state index < -0.39 is 17.2 Å². The van der Waals surface area contributed by atoms with Gasteiger partial charge in [0.2, 0.25) is 0 Å². The van der Waals surface area contributed by atoms with Gasteiger partial charge in [0, 0.05) is 0 Å². The molecule has 0 saturated carbocycles. The number of ether oxygens (including phenoxy) is 5. The van der Waals surface area contributed by atoms with Crippen LogP contribution in [-0.4, -0.2) is 60.4 Å². The third-order valence-electron chi connectivity index (χ3n) is 3.73. The molecule has 3 fully saturated rings. The lowest BCUT2D eigenvalue weighted by Gasteiger charge is -2.27. The van der Waals surface area contributed by atoms with Gasteiger partial charge in [-0.2, -0.15) is 0 Å². The summed E-state index contributed by atoms with van der Waals surface area (Å²) in [5.41, 5.74) is -0.492. The van der Waals surface area contributed by atoms with Gasteiger partial charge >= 0.3 is 0 Å². The van der Waals surface area contributed by atoms with Gasteiger partial charge in [0.05, 0.1) is 19.8 Å². The molecular formula is C13H22O6. The van der Waals surface area contributed by atoms with Crippen molar-refractivity contribution in [3.63, 3.8) is 0 Å². The summed E-state index contributed by atoms with van der Waals surface area (Å²) in [5.74, 6) is -1.78. The number of hydrogen-bond acceptors (Lipinski definition) is 6. The van der Waals surface area contributed by atoms with E-state index in [4.69, 9.17) is 23.7 Å². The Bertz CT molecular complexity index is 357. The van der Waals surface area contributed by atoms with Gasteiger partial charge in [-0.25, -0.2) is 0 Å². The van der Waals surface area contributed by atoms with Gasteiger partial charge in [0.1, 0.15) is 23.9 Å². The van der Waals surface area contributed by atoms with Crippen LogP contribution in [0.2, 0.25) is 0 Å². The molecule has 0 aliphatic carbocycles. The van der Waals surface area contributed by atoms with Gasteiger partial charge in [-0.15, -0.1) is 0 Å². The van der Waals surface area contributed by atoms with Crippen LogP contribution in [0.25, 0.3) is 0 Å². The van der Waals surface area contributed by atoms with Crippen LogP contribution in [0.15, 0.2) is 0 Å². The monoisotopic (exact) mass is 274 g/mol. The second-order valence-corrected chi connectivity index (χ2v) is 6.42. The maximum Gasteiger partial charge on any atom is 0.163 e. The average molecular weight is 274 g/mol. The minimum atomic E-state index is -1.20. The van der Waals surface area contributed by atoms with Crippen molar-refractivity contribution in [3.8, 4) is 0 Å². The number of rotatable bonds is 3. The van der Waals surface area contributed by atoms with E-state index in [1.54, 1.807) is 13.8 Å². The van der Waals surface area contributed by atoms with Crippen molar-refractivity contribution in [3.05, 3.63) is 0 Å². The van der Waals surface area contributed by atoms with Gasteiger partial charge < -0.3 is 28.8 Å². The number of hydrogen-bond donors (Lipinski definition) is 1. The summed E-state index contributed by atoms with van der Waals surface area (Å²) < 4.78 is 28.5. The first-order valence-corrected chi connectivity index (χ1v) is 6.69. The predicted octanol–water partition coefficient (Wildman–Crippen LogP) is 0.419. The van der Waals surface area contributed by atoms with Crippen molar-refractivity contribution in [2.45, 2.75) is 63.2 Å². The lowest BCUT2D eigenvalue weighted by Crippen LogP contribution is -2.46. The van der Waals surface area contributed by atoms with Crippen molar-refractivity contribution in [1.82, 2.24) is 0 Å². The Kier molecular flexibility index (Phi) is 2.98. The van der Waals surface area contributed by atoms with E-state index in [0.29, 0.717) is 19.8 Å². The Morgan fingerprint density at radius 2 is 1.89 bits per heavy atom. The van der Waals surface area contributed by atoms with Crippen LogP contribution in [0, 0.1) is 0 Å². The molecule has 0 radical (unpaired) electrons. The largest absolute Gasteiger partial charge is 0.369 e. The molecule has 6 nitrogen and oxygen atoms in total. The van der Waals surface area contributed by atoms with E-state index in [9.17, 15) is 5.11 Å². The standard InChI is InChI=1S/C13H22O6/c1-11(2,14)19-9-6-15-10(13(9)7-17-13)8-5-16-12(3,4)18-8/h8-10,14H,5-7H2,1-4H3/t8?,9-,10-,13+/m0/s1. The third kappa shape index (κ3) is 2.53. The SMILES string of the molecule is CC(C)(O)O[C@H]1CO[C@@H](C2COC(C)(C)O2)[C@@]12CO2. The second kappa shape index (κ2) is 4.13. The highest BCUT2D eigenvalue weighted by Gasteiger charge is 2.67. The van der Waals surface area contributed by atoms with Gasteiger partial charge in [-0.05, 0) is 27.7 Å². The normalized spacial score (nSPS) is 45.0. The first-order valence-electron chi connectivity index (χ1n) is 6.69. The van der Waals surface area contributed by atoms with Crippen LogP contribution in [-0.2, 0) is 23.7 Å². The summed E-state index contributed by atoms with van der Waals surface area (Å²) in [4.78, 5) is 0. The molecule has 4 atom stereocenters. The van der Waals surface area contributed by atoms with Gasteiger partial charge in [0.15, 0.2) is 11.6 Å². The van der Waals surface area contributed by atoms with Crippen LogP contribution in [0.3, 0.4) is 0 Å². The average Bonchev–Trinajstić information content (AvgIpc) is 2.86. The first-order chi connectivity index (χ1) is 8.72. The molecule has 19 heavy (non-hydrogen) atoms. The molecule has 3 aliphatic rings. The molecule has 110 valence electrons. The van der Waals surface area contributed by atoms with Gasteiger partial charge in [-0.1, -0.05) is 0 Å². The summed E-state index contributed by atoms with van der Waals surface area (Å²) in [6.07, 6.45) is -0.639. The predicted molar refractivity (Wildman–Crippen MR) is 64.5 cm³/mol. The third-order valence-corrected chi connectivity index (χ3v) is 3.73. The molecule has 3 aliphatic heterocycles. The van der Waals surface area contributed by atoms with Crippen LogP contribution < -0.4 is 0 Å². The highest BCUT2D eigenvalue weighted by molar-refractivity contribution is 5.13. The highest BCUT2D eigenvalue weighted by Crippen LogP contribution is 2.47. The molecule has 0 aromatic carbocycles. The van der Waals surface area contributed by atoms with Crippen molar-refractivity contribution in [2.75, 3.05) is 19.8 Å².